The number of benzene rings is 1. The van der Waals surface area contributed by atoms with Gasteiger partial charge < -0.3 is 19.9 Å². The van der Waals surface area contributed by atoms with Gasteiger partial charge in [-0.15, -0.1) is 0 Å². The van der Waals surface area contributed by atoms with Gasteiger partial charge in [0.1, 0.15) is 5.75 Å². The van der Waals surface area contributed by atoms with Gasteiger partial charge in [-0.05, 0) is 12.3 Å². The number of anilines is 1. The van der Waals surface area contributed by atoms with Crippen LogP contribution in [0.5, 0.6) is 17.2 Å². The summed E-state index contributed by atoms with van der Waals surface area (Å²) >= 11 is 0. The van der Waals surface area contributed by atoms with E-state index in [1.807, 2.05) is 6.07 Å². The summed E-state index contributed by atoms with van der Waals surface area (Å²) in [5.74, 6) is 2.81. The fourth-order valence-corrected chi connectivity index (χ4v) is 2.10. The molecule has 1 heterocycles. The highest BCUT2D eigenvalue weighted by molar-refractivity contribution is 5.62. The fraction of sp³-hybridized carbons (Fsp3) is 0.571. The van der Waals surface area contributed by atoms with Crippen molar-refractivity contribution in [1.82, 2.24) is 0 Å². The van der Waals surface area contributed by atoms with Gasteiger partial charge in [-0.25, -0.2) is 0 Å². The molecule has 0 amide bonds. The second-order valence-electron chi connectivity index (χ2n) is 4.56. The normalized spacial score (nSPS) is 13.1. The lowest BCUT2D eigenvalue weighted by Crippen LogP contribution is -2.06. The summed E-state index contributed by atoms with van der Waals surface area (Å²) < 4.78 is 16.3. The number of fused-ring (bicyclic) bond motifs is 1. The highest BCUT2D eigenvalue weighted by Crippen LogP contribution is 2.39. The number of hydrogen-bond acceptors (Lipinski definition) is 4. The first-order valence-corrected chi connectivity index (χ1v) is 6.56. The summed E-state index contributed by atoms with van der Waals surface area (Å²) in [5.41, 5.74) is 6.52. The smallest absolute Gasteiger partial charge is 0.231 e. The highest BCUT2D eigenvalue weighted by Gasteiger charge is 2.17. The van der Waals surface area contributed by atoms with Crippen molar-refractivity contribution in [3.63, 3.8) is 0 Å². The van der Waals surface area contributed by atoms with Gasteiger partial charge in [0.15, 0.2) is 11.5 Å². The molecule has 2 N–H and O–H groups in total. The van der Waals surface area contributed by atoms with E-state index in [9.17, 15) is 0 Å². The summed E-state index contributed by atoms with van der Waals surface area (Å²) in [6, 6.07) is 3.57. The van der Waals surface area contributed by atoms with Crippen LogP contribution in [-0.2, 0) is 0 Å². The summed E-state index contributed by atoms with van der Waals surface area (Å²) in [6.07, 6.45) is 3.44. The average molecular weight is 251 g/mol. The van der Waals surface area contributed by atoms with Gasteiger partial charge in [-0.3, -0.25) is 0 Å². The van der Waals surface area contributed by atoms with Crippen molar-refractivity contribution in [3.05, 3.63) is 12.1 Å². The molecule has 2 rings (SSSR count). The van der Waals surface area contributed by atoms with Gasteiger partial charge in [0.25, 0.3) is 0 Å². The number of nitrogen functional groups attached to an aromatic ring is 1. The third-order valence-corrected chi connectivity index (χ3v) is 3.44. The summed E-state index contributed by atoms with van der Waals surface area (Å²) in [7, 11) is 0. The van der Waals surface area contributed by atoms with Crippen molar-refractivity contribution in [3.8, 4) is 17.2 Å². The van der Waals surface area contributed by atoms with E-state index in [-0.39, 0.29) is 6.79 Å². The van der Waals surface area contributed by atoms with Crippen LogP contribution in [0.4, 0.5) is 5.69 Å². The molecule has 4 nitrogen and oxygen atoms in total. The SMILES string of the molecule is CCC(CC)CCOc1cc2c(cc1N)OCO2. The van der Waals surface area contributed by atoms with Crippen LogP contribution in [-0.4, -0.2) is 13.4 Å². The maximum atomic E-state index is 5.91. The van der Waals surface area contributed by atoms with Gasteiger partial charge >= 0.3 is 0 Å². The van der Waals surface area contributed by atoms with E-state index < -0.39 is 0 Å². The van der Waals surface area contributed by atoms with E-state index in [0.717, 1.165) is 12.3 Å². The molecule has 4 heteroatoms. The zero-order valence-electron chi connectivity index (χ0n) is 11.1. The molecular formula is C14H21NO3. The molecule has 0 unspecified atom stereocenters. The third kappa shape index (κ3) is 2.81. The van der Waals surface area contributed by atoms with Crippen LogP contribution in [0.2, 0.25) is 0 Å². The fourth-order valence-electron chi connectivity index (χ4n) is 2.10. The van der Waals surface area contributed by atoms with Crippen molar-refractivity contribution in [2.45, 2.75) is 33.1 Å². The maximum absolute atomic E-state index is 5.91. The van der Waals surface area contributed by atoms with Gasteiger partial charge in [0.05, 0.1) is 12.3 Å². The first-order chi connectivity index (χ1) is 8.74. The minimum atomic E-state index is 0.256. The Kier molecular flexibility index (Phi) is 4.18. The molecule has 0 aromatic heterocycles. The lowest BCUT2D eigenvalue weighted by Gasteiger charge is -2.14. The monoisotopic (exact) mass is 251 g/mol. The summed E-state index contributed by atoms with van der Waals surface area (Å²) in [6.45, 7) is 5.37. The van der Waals surface area contributed by atoms with Crippen molar-refractivity contribution >= 4 is 5.69 Å². The zero-order valence-corrected chi connectivity index (χ0v) is 11.1. The molecule has 18 heavy (non-hydrogen) atoms. The number of rotatable bonds is 6. The van der Waals surface area contributed by atoms with E-state index in [1.54, 1.807) is 6.07 Å². The molecule has 100 valence electrons. The first-order valence-electron chi connectivity index (χ1n) is 6.56. The molecule has 0 saturated carbocycles. The average Bonchev–Trinajstić information content (AvgIpc) is 2.81. The van der Waals surface area contributed by atoms with Gasteiger partial charge in [0, 0.05) is 12.1 Å². The molecule has 0 atom stereocenters. The van der Waals surface area contributed by atoms with Crippen LogP contribution in [0, 0.1) is 5.92 Å². The number of ether oxygens (including phenoxy) is 3. The second kappa shape index (κ2) is 5.85. The van der Waals surface area contributed by atoms with E-state index in [1.165, 1.54) is 12.8 Å². The second-order valence-corrected chi connectivity index (χ2v) is 4.56. The van der Waals surface area contributed by atoms with E-state index in [2.05, 4.69) is 13.8 Å². The molecule has 1 aliphatic heterocycles. The third-order valence-electron chi connectivity index (χ3n) is 3.44. The van der Waals surface area contributed by atoms with Crippen molar-refractivity contribution in [1.29, 1.82) is 0 Å². The Morgan fingerprint density at radius 2 is 1.89 bits per heavy atom. The quantitative estimate of drug-likeness (QED) is 0.789. The lowest BCUT2D eigenvalue weighted by atomic mass is 10.0. The number of nitrogens with two attached hydrogens (primary N) is 1. The first kappa shape index (κ1) is 12.9. The van der Waals surface area contributed by atoms with Crippen LogP contribution in [0.1, 0.15) is 33.1 Å². The number of hydrogen-bond donors (Lipinski definition) is 1. The van der Waals surface area contributed by atoms with Crippen LogP contribution in [0.15, 0.2) is 12.1 Å². The highest BCUT2D eigenvalue weighted by atomic mass is 16.7. The molecule has 1 aliphatic rings. The Bertz CT molecular complexity index is 402. The zero-order chi connectivity index (χ0) is 13.0. The van der Waals surface area contributed by atoms with E-state index >= 15 is 0 Å². The molecule has 1 aromatic carbocycles. The maximum Gasteiger partial charge on any atom is 0.231 e. The minimum Gasteiger partial charge on any atom is -0.491 e. The van der Waals surface area contributed by atoms with Crippen molar-refractivity contribution in [2.75, 3.05) is 19.1 Å². The van der Waals surface area contributed by atoms with Gasteiger partial charge in [-0.2, -0.15) is 0 Å². The molecule has 0 fully saturated rings. The van der Waals surface area contributed by atoms with Crippen LogP contribution >= 0.6 is 0 Å². The van der Waals surface area contributed by atoms with E-state index in [4.69, 9.17) is 19.9 Å². The summed E-state index contributed by atoms with van der Waals surface area (Å²) in [4.78, 5) is 0. The largest absolute Gasteiger partial charge is 0.491 e. The Labute approximate surface area is 108 Å². The van der Waals surface area contributed by atoms with E-state index in [0.29, 0.717) is 29.5 Å². The van der Waals surface area contributed by atoms with Gasteiger partial charge in [0.2, 0.25) is 6.79 Å². The van der Waals surface area contributed by atoms with Crippen LogP contribution < -0.4 is 19.9 Å². The molecule has 0 spiro atoms. The Hall–Kier alpha value is -1.58. The molecular weight excluding hydrogens is 230 g/mol. The van der Waals surface area contributed by atoms with Crippen molar-refractivity contribution < 1.29 is 14.2 Å². The standard InChI is InChI=1S/C14H21NO3/c1-3-10(4-2)5-6-16-12-8-14-13(7-11(12)15)17-9-18-14/h7-8,10H,3-6,9,15H2,1-2H3. The molecule has 0 saturated heterocycles. The van der Waals surface area contributed by atoms with Crippen LogP contribution in [0.25, 0.3) is 0 Å². The molecule has 0 aliphatic carbocycles. The van der Waals surface area contributed by atoms with Crippen LogP contribution in [0.3, 0.4) is 0 Å². The Morgan fingerprint density at radius 3 is 2.56 bits per heavy atom. The predicted molar refractivity (Wildman–Crippen MR) is 71.2 cm³/mol. The Balaban J connectivity index is 1.93. The molecule has 1 aromatic rings. The molecule has 0 bridgehead atoms. The lowest BCUT2D eigenvalue weighted by molar-refractivity contribution is 0.173. The Morgan fingerprint density at radius 1 is 1.22 bits per heavy atom. The topological polar surface area (TPSA) is 53.7 Å². The minimum absolute atomic E-state index is 0.256. The summed E-state index contributed by atoms with van der Waals surface area (Å²) in [5, 5.41) is 0. The van der Waals surface area contributed by atoms with Crippen molar-refractivity contribution in [2.24, 2.45) is 5.92 Å². The van der Waals surface area contributed by atoms with Gasteiger partial charge in [-0.1, -0.05) is 26.7 Å². The molecule has 0 radical (unpaired) electrons. The predicted octanol–water partition coefficient (Wildman–Crippen LogP) is 3.20.